The predicted octanol–water partition coefficient (Wildman–Crippen LogP) is 3.31. The lowest BCUT2D eigenvalue weighted by Gasteiger charge is -2.08. The van der Waals surface area contributed by atoms with Gasteiger partial charge in [-0.3, -0.25) is 4.72 Å². The molecule has 0 atom stereocenters. The van der Waals surface area contributed by atoms with Gasteiger partial charge in [0.2, 0.25) is 0 Å². The monoisotopic (exact) mass is 397 g/mol. The van der Waals surface area contributed by atoms with Crippen LogP contribution in [0.25, 0.3) is 11.0 Å². The molecule has 1 saturated carbocycles. The summed E-state index contributed by atoms with van der Waals surface area (Å²) >= 11 is 7.19. The van der Waals surface area contributed by atoms with E-state index in [9.17, 15) is 8.42 Å². The summed E-state index contributed by atoms with van der Waals surface area (Å²) in [6.45, 7) is 2.78. The Balaban J connectivity index is 1.70. The number of hydrogen-bond acceptors (Lipinski definition) is 6. The van der Waals surface area contributed by atoms with Crippen LogP contribution >= 0.6 is 23.3 Å². The number of imidazole rings is 1. The van der Waals surface area contributed by atoms with Crippen molar-refractivity contribution in [3.05, 3.63) is 29.2 Å². The van der Waals surface area contributed by atoms with Crippen LogP contribution in [-0.4, -0.2) is 26.7 Å². The van der Waals surface area contributed by atoms with Crippen LogP contribution < -0.4 is 4.72 Å². The smallest absolute Gasteiger partial charge is 0.281 e. The molecule has 1 N–H and O–H groups in total. The number of nitrogens with zero attached hydrogens (tertiary/aromatic N) is 4. The van der Waals surface area contributed by atoms with E-state index in [-0.39, 0.29) is 15.7 Å². The number of sulfonamides is 1. The maximum Gasteiger partial charge on any atom is 0.281 e. The Bertz CT molecular complexity index is 1040. The normalized spacial score (nSPS) is 15.0. The van der Waals surface area contributed by atoms with Gasteiger partial charge in [0.05, 0.1) is 22.4 Å². The highest BCUT2D eigenvalue weighted by Gasteiger charge is 2.26. The highest BCUT2D eigenvalue weighted by atomic mass is 35.5. The third-order valence-electron chi connectivity index (χ3n) is 4.19. The molecular weight excluding hydrogens is 382 g/mol. The minimum Gasteiger partial charge on any atom is -0.333 e. The number of rotatable bonds is 6. The van der Waals surface area contributed by atoms with E-state index in [1.54, 1.807) is 18.3 Å². The molecule has 0 radical (unpaired) electrons. The van der Waals surface area contributed by atoms with Crippen molar-refractivity contribution >= 4 is 50.1 Å². The lowest BCUT2D eigenvalue weighted by molar-refractivity contribution is 0.594. The van der Waals surface area contributed by atoms with Gasteiger partial charge in [-0.2, -0.15) is 17.2 Å². The van der Waals surface area contributed by atoms with Crippen molar-refractivity contribution in [3.8, 4) is 0 Å². The van der Waals surface area contributed by atoms with Crippen LogP contribution in [0.1, 0.15) is 25.6 Å². The molecule has 1 aliphatic carbocycles. The average molecular weight is 398 g/mol. The van der Waals surface area contributed by atoms with Gasteiger partial charge in [0, 0.05) is 19.2 Å². The van der Waals surface area contributed by atoms with Gasteiger partial charge in [-0.25, -0.2) is 4.98 Å². The molecular formula is C15H16ClN5O2S2. The van der Waals surface area contributed by atoms with Crippen LogP contribution in [0.3, 0.4) is 0 Å². The molecule has 10 heteroatoms. The first-order chi connectivity index (χ1) is 12.0. The molecule has 0 amide bonds. The van der Waals surface area contributed by atoms with Crippen LogP contribution in [0.15, 0.2) is 23.4 Å². The fourth-order valence-corrected chi connectivity index (χ4v) is 4.56. The zero-order valence-corrected chi connectivity index (χ0v) is 15.8. The number of aromatic nitrogens is 4. The topological polar surface area (TPSA) is 89.8 Å². The number of hydrogen-bond donors (Lipinski definition) is 1. The molecule has 1 aliphatic rings. The van der Waals surface area contributed by atoms with E-state index < -0.39 is 10.0 Å². The Morgan fingerprint density at radius 2 is 2.16 bits per heavy atom. The molecule has 1 fully saturated rings. The molecule has 0 bridgehead atoms. The molecule has 2 aromatic heterocycles. The minimum atomic E-state index is -3.86. The van der Waals surface area contributed by atoms with Crippen molar-refractivity contribution in [1.82, 2.24) is 18.3 Å². The first kappa shape index (κ1) is 16.7. The van der Waals surface area contributed by atoms with Crippen molar-refractivity contribution in [2.24, 2.45) is 5.92 Å². The molecule has 7 nitrogen and oxygen atoms in total. The number of anilines is 1. The van der Waals surface area contributed by atoms with Crippen LogP contribution in [-0.2, 0) is 23.0 Å². The van der Waals surface area contributed by atoms with Gasteiger partial charge in [0.25, 0.3) is 10.0 Å². The number of fused-ring (bicyclic) bond motifs is 1. The quantitative estimate of drug-likeness (QED) is 0.689. The van der Waals surface area contributed by atoms with E-state index >= 15 is 0 Å². The lowest BCUT2D eigenvalue weighted by atomic mass is 10.3. The second-order valence-electron chi connectivity index (χ2n) is 6.10. The Kier molecular flexibility index (Phi) is 4.17. The molecule has 4 rings (SSSR count). The van der Waals surface area contributed by atoms with Crippen molar-refractivity contribution in [2.75, 3.05) is 4.72 Å². The summed E-state index contributed by atoms with van der Waals surface area (Å²) in [5.41, 5.74) is 1.28. The number of halogens is 1. The molecule has 0 spiro atoms. The standard InChI is InChI=1S/C15H16ClN5O2S2/c1-2-12-17-13(8-21(12)7-9-3-4-9)25(22,23)20-14-10(16)5-6-11-15(14)19-24-18-11/h5-6,8-9,20H,2-4,7H2,1H3. The summed E-state index contributed by atoms with van der Waals surface area (Å²) in [7, 11) is -3.86. The molecule has 3 aromatic rings. The number of aryl methyl sites for hydroxylation is 1. The van der Waals surface area contributed by atoms with Gasteiger partial charge < -0.3 is 4.57 Å². The van der Waals surface area contributed by atoms with Crippen molar-refractivity contribution in [1.29, 1.82) is 0 Å². The fourth-order valence-electron chi connectivity index (χ4n) is 2.69. The minimum absolute atomic E-state index is 0.00117. The van der Waals surface area contributed by atoms with Crippen LogP contribution in [0.5, 0.6) is 0 Å². The molecule has 0 aliphatic heterocycles. The predicted molar refractivity (Wildman–Crippen MR) is 97.6 cm³/mol. The first-order valence-electron chi connectivity index (χ1n) is 7.97. The van der Waals surface area contributed by atoms with Crippen molar-refractivity contribution in [3.63, 3.8) is 0 Å². The molecule has 2 heterocycles. The summed E-state index contributed by atoms with van der Waals surface area (Å²) in [5.74, 6) is 1.40. The van der Waals surface area contributed by atoms with Crippen LogP contribution in [0.2, 0.25) is 5.02 Å². The SMILES string of the molecule is CCc1nc(S(=O)(=O)Nc2c(Cl)ccc3nsnc23)cn1CC1CC1. The van der Waals surface area contributed by atoms with Gasteiger partial charge in [0.15, 0.2) is 5.03 Å². The summed E-state index contributed by atoms with van der Waals surface area (Å²) in [5, 5.41) is 0.276. The fraction of sp³-hybridized carbons (Fsp3) is 0.400. The second-order valence-corrected chi connectivity index (χ2v) is 8.67. The average Bonchev–Trinajstić information content (AvgIpc) is 3.10. The Morgan fingerprint density at radius 1 is 1.36 bits per heavy atom. The summed E-state index contributed by atoms with van der Waals surface area (Å²) in [6.07, 6.45) is 4.66. The van der Waals surface area contributed by atoms with E-state index in [0.717, 1.165) is 24.1 Å². The zero-order valence-electron chi connectivity index (χ0n) is 13.4. The van der Waals surface area contributed by atoms with Gasteiger partial charge in [-0.15, -0.1) is 0 Å². The van der Waals surface area contributed by atoms with Crippen molar-refractivity contribution in [2.45, 2.75) is 37.8 Å². The van der Waals surface area contributed by atoms with Crippen molar-refractivity contribution < 1.29 is 8.42 Å². The lowest BCUT2D eigenvalue weighted by Crippen LogP contribution is -2.14. The summed E-state index contributed by atoms with van der Waals surface area (Å²) in [6, 6.07) is 3.31. The van der Waals surface area contributed by atoms with Gasteiger partial charge in [-0.1, -0.05) is 18.5 Å². The number of nitrogens with one attached hydrogen (secondary N) is 1. The highest BCUT2D eigenvalue weighted by molar-refractivity contribution is 7.92. The van der Waals surface area contributed by atoms with E-state index in [1.807, 2.05) is 11.5 Å². The van der Waals surface area contributed by atoms with Gasteiger partial charge in [-0.05, 0) is 30.9 Å². The first-order valence-corrected chi connectivity index (χ1v) is 10.6. The summed E-state index contributed by atoms with van der Waals surface area (Å²) in [4.78, 5) is 4.31. The maximum absolute atomic E-state index is 12.8. The van der Waals surface area contributed by atoms with E-state index in [1.165, 1.54) is 12.8 Å². The third-order valence-corrected chi connectivity index (χ3v) is 6.27. The zero-order chi connectivity index (χ0) is 17.6. The van der Waals surface area contributed by atoms with Gasteiger partial charge in [0.1, 0.15) is 16.9 Å². The largest absolute Gasteiger partial charge is 0.333 e. The summed E-state index contributed by atoms with van der Waals surface area (Å²) < 4.78 is 38.4. The van der Waals surface area contributed by atoms with E-state index in [4.69, 9.17) is 11.6 Å². The molecule has 25 heavy (non-hydrogen) atoms. The van der Waals surface area contributed by atoms with Gasteiger partial charge >= 0.3 is 0 Å². The Hall–Kier alpha value is -1.71. The Morgan fingerprint density at radius 3 is 2.88 bits per heavy atom. The molecule has 0 unspecified atom stereocenters. The van der Waals surface area contributed by atoms with Crippen LogP contribution in [0.4, 0.5) is 5.69 Å². The highest BCUT2D eigenvalue weighted by Crippen LogP contribution is 2.33. The second kappa shape index (κ2) is 6.22. The van der Waals surface area contributed by atoms with E-state index in [0.29, 0.717) is 23.4 Å². The third kappa shape index (κ3) is 3.23. The molecule has 0 saturated heterocycles. The van der Waals surface area contributed by atoms with E-state index in [2.05, 4.69) is 18.5 Å². The van der Waals surface area contributed by atoms with Crippen LogP contribution in [0, 0.1) is 5.92 Å². The molecule has 132 valence electrons. The Labute approximate surface area is 154 Å². The molecule has 1 aromatic carbocycles. The number of benzene rings is 1. The maximum atomic E-state index is 12.8.